The molecule has 3 heteroatoms. The summed E-state index contributed by atoms with van der Waals surface area (Å²) in [6.45, 7) is 1.73. The lowest BCUT2D eigenvalue weighted by Crippen LogP contribution is -1.98. The summed E-state index contributed by atoms with van der Waals surface area (Å²) in [6, 6.07) is 6.72. The normalized spacial score (nSPS) is 9.27. The van der Waals surface area contributed by atoms with Crippen molar-refractivity contribution in [3.05, 3.63) is 29.8 Å². The Hall–Kier alpha value is -1.38. The lowest BCUT2D eigenvalue weighted by atomic mass is 10.2. The number of aryl methyl sites for hydroxylation is 1. The molecular weight excluding hydrogens is 147 g/mol. The van der Waals surface area contributed by atoms with Crippen molar-refractivity contribution in [3.63, 3.8) is 0 Å². The largest absolute Gasteiger partial charge is 0.500 e. The van der Waals surface area contributed by atoms with Crippen LogP contribution in [0.5, 0.6) is 5.75 Å². The third kappa shape index (κ3) is 2.04. The van der Waals surface area contributed by atoms with Crippen LogP contribution < -0.4 is 4.74 Å². The van der Waals surface area contributed by atoms with E-state index in [1.54, 1.807) is 25.1 Å². The highest BCUT2D eigenvalue weighted by Gasteiger charge is 2.02. The van der Waals surface area contributed by atoms with E-state index in [0.717, 1.165) is 5.56 Å². The Labute approximate surface area is 63.6 Å². The van der Waals surface area contributed by atoms with Crippen LogP contribution in [0.25, 0.3) is 0 Å². The van der Waals surface area contributed by atoms with Crippen molar-refractivity contribution < 1.29 is 13.9 Å². The highest BCUT2D eigenvalue weighted by molar-refractivity contribution is 5.62. The second-order valence-corrected chi connectivity index (χ2v) is 2.11. The van der Waals surface area contributed by atoms with E-state index in [0.29, 0.717) is 0 Å². The molecule has 0 atom stereocenters. The van der Waals surface area contributed by atoms with Gasteiger partial charge in [0.2, 0.25) is 0 Å². The predicted molar refractivity (Wildman–Crippen MR) is 38.3 cm³/mol. The monoisotopic (exact) mass is 154 g/mol. The standard InChI is InChI=1S/C8H7FO2/c1-6-4-2-3-5-7(6)11-8(9)10/h2-5H,1H3. The van der Waals surface area contributed by atoms with Gasteiger partial charge in [0.25, 0.3) is 0 Å². The van der Waals surface area contributed by atoms with Crippen LogP contribution in [0.1, 0.15) is 5.56 Å². The van der Waals surface area contributed by atoms with Gasteiger partial charge in [-0.25, -0.2) is 4.79 Å². The Morgan fingerprint density at radius 1 is 1.45 bits per heavy atom. The van der Waals surface area contributed by atoms with Crippen molar-refractivity contribution >= 4 is 6.22 Å². The van der Waals surface area contributed by atoms with Crippen molar-refractivity contribution in [2.24, 2.45) is 0 Å². The Balaban J connectivity index is 2.86. The van der Waals surface area contributed by atoms with Gasteiger partial charge >= 0.3 is 6.22 Å². The van der Waals surface area contributed by atoms with Crippen LogP contribution in [0.4, 0.5) is 9.18 Å². The molecule has 0 aromatic heterocycles. The maximum atomic E-state index is 11.7. The average Bonchev–Trinajstić information content (AvgIpc) is 1.93. The van der Waals surface area contributed by atoms with Gasteiger partial charge in [-0.05, 0) is 18.6 Å². The molecule has 1 aromatic rings. The molecule has 0 aliphatic rings. The Kier molecular flexibility index (Phi) is 2.21. The lowest BCUT2D eigenvalue weighted by Gasteiger charge is -2.00. The summed E-state index contributed by atoms with van der Waals surface area (Å²) in [5.41, 5.74) is 0.735. The molecule has 0 heterocycles. The minimum Gasteiger partial charge on any atom is -0.401 e. The molecule has 0 radical (unpaired) electrons. The zero-order chi connectivity index (χ0) is 8.27. The van der Waals surface area contributed by atoms with Crippen molar-refractivity contribution in [2.45, 2.75) is 6.92 Å². The highest BCUT2D eigenvalue weighted by atomic mass is 19.1. The Morgan fingerprint density at radius 2 is 2.09 bits per heavy atom. The maximum absolute atomic E-state index is 11.7. The Morgan fingerprint density at radius 3 is 2.64 bits per heavy atom. The fourth-order valence-electron chi connectivity index (χ4n) is 0.757. The second kappa shape index (κ2) is 3.14. The average molecular weight is 154 g/mol. The van der Waals surface area contributed by atoms with Crippen LogP contribution in [-0.2, 0) is 0 Å². The van der Waals surface area contributed by atoms with Gasteiger partial charge in [-0.1, -0.05) is 18.2 Å². The molecule has 1 aromatic carbocycles. The first-order valence-electron chi connectivity index (χ1n) is 3.13. The van der Waals surface area contributed by atoms with Gasteiger partial charge in [0.1, 0.15) is 5.75 Å². The molecule has 0 aliphatic carbocycles. The van der Waals surface area contributed by atoms with E-state index in [-0.39, 0.29) is 5.75 Å². The van der Waals surface area contributed by atoms with Gasteiger partial charge in [0.05, 0.1) is 0 Å². The summed E-state index contributed by atoms with van der Waals surface area (Å²) in [5.74, 6) is 0.264. The third-order valence-corrected chi connectivity index (χ3v) is 1.28. The van der Waals surface area contributed by atoms with E-state index in [2.05, 4.69) is 4.74 Å². The van der Waals surface area contributed by atoms with E-state index in [9.17, 15) is 9.18 Å². The summed E-state index contributed by atoms with van der Waals surface area (Å²) in [7, 11) is 0. The summed E-state index contributed by atoms with van der Waals surface area (Å²) in [5, 5.41) is 0. The maximum Gasteiger partial charge on any atom is 0.500 e. The molecule has 0 saturated heterocycles. The number of rotatable bonds is 1. The molecule has 0 fully saturated rings. The summed E-state index contributed by atoms with van der Waals surface area (Å²) in [6.07, 6.45) is -1.78. The highest BCUT2D eigenvalue weighted by Crippen LogP contribution is 2.16. The number of hydrogen-bond donors (Lipinski definition) is 0. The van der Waals surface area contributed by atoms with Gasteiger partial charge in [0, 0.05) is 0 Å². The summed E-state index contributed by atoms with van der Waals surface area (Å²) < 4.78 is 15.9. The van der Waals surface area contributed by atoms with Crippen LogP contribution in [0, 0.1) is 6.92 Å². The van der Waals surface area contributed by atoms with E-state index < -0.39 is 6.22 Å². The molecule has 0 saturated carbocycles. The minimum absolute atomic E-state index is 0.264. The topological polar surface area (TPSA) is 26.3 Å². The fourth-order valence-corrected chi connectivity index (χ4v) is 0.757. The molecular formula is C8H7FO2. The molecule has 0 N–H and O–H groups in total. The molecule has 11 heavy (non-hydrogen) atoms. The number of para-hydroxylation sites is 1. The smallest absolute Gasteiger partial charge is 0.401 e. The summed E-state index contributed by atoms with van der Waals surface area (Å²) >= 11 is 0. The van der Waals surface area contributed by atoms with Crippen LogP contribution in [0.15, 0.2) is 24.3 Å². The van der Waals surface area contributed by atoms with Crippen molar-refractivity contribution in [2.75, 3.05) is 0 Å². The molecule has 0 amide bonds. The number of carbonyl (C=O) groups is 1. The van der Waals surface area contributed by atoms with E-state index in [4.69, 9.17) is 0 Å². The summed E-state index contributed by atoms with van der Waals surface area (Å²) in [4.78, 5) is 9.88. The zero-order valence-corrected chi connectivity index (χ0v) is 6.00. The van der Waals surface area contributed by atoms with Crippen LogP contribution in [0.3, 0.4) is 0 Å². The number of ether oxygens (including phenoxy) is 1. The van der Waals surface area contributed by atoms with Crippen LogP contribution >= 0.6 is 0 Å². The van der Waals surface area contributed by atoms with E-state index in [1.165, 1.54) is 6.07 Å². The van der Waals surface area contributed by atoms with E-state index >= 15 is 0 Å². The number of carbonyl (C=O) groups excluding carboxylic acids is 1. The predicted octanol–water partition coefficient (Wildman–Crippen LogP) is 2.46. The number of hydrogen-bond acceptors (Lipinski definition) is 2. The first-order valence-corrected chi connectivity index (χ1v) is 3.13. The van der Waals surface area contributed by atoms with Gasteiger partial charge in [-0.3, -0.25) is 0 Å². The zero-order valence-electron chi connectivity index (χ0n) is 6.00. The molecule has 0 aliphatic heterocycles. The van der Waals surface area contributed by atoms with Gasteiger partial charge in [-0.15, -0.1) is 4.39 Å². The molecule has 0 spiro atoms. The quantitative estimate of drug-likeness (QED) is 0.581. The van der Waals surface area contributed by atoms with Crippen molar-refractivity contribution in [3.8, 4) is 5.75 Å². The molecule has 0 bridgehead atoms. The van der Waals surface area contributed by atoms with Crippen molar-refractivity contribution in [1.29, 1.82) is 0 Å². The molecule has 1 rings (SSSR count). The second-order valence-electron chi connectivity index (χ2n) is 2.11. The third-order valence-electron chi connectivity index (χ3n) is 1.28. The minimum atomic E-state index is -1.78. The van der Waals surface area contributed by atoms with E-state index in [1.807, 2.05) is 0 Å². The Bertz CT molecular complexity index is 271. The SMILES string of the molecule is Cc1ccccc1OC(=O)F. The lowest BCUT2D eigenvalue weighted by molar-refractivity contribution is 0.175. The van der Waals surface area contributed by atoms with Gasteiger partial charge in [0.15, 0.2) is 0 Å². The number of halogens is 1. The van der Waals surface area contributed by atoms with Crippen LogP contribution in [0.2, 0.25) is 0 Å². The van der Waals surface area contributed by atoms with Gasteiger partial charge in [-0.2, -0.15) is 0 Å². The van der Waals surface area contributed by atoms with Crippen LogP contribution in [-0.4, -0.2) is 6.22 Å². The molecule has 58 valence electrons. The van der Waals surface area contributed by atoms with Crippen molar-refractivity contribution in [1.82, 2.24) is 0 Å². The molecule has 2 nitrogen and oxygen atoms in total. The van der Waals surface area contributed by atoms with Gasteiger partial charge < -0.3 is 4.74 Å². The molecule has 0 unspecified atom stereocenters. The number of benzene rings is 1. The fraction of sp³-hybridized carbons (Fsp3) is 0.125. The first kappa shape index (κ1) is 7.72. The first-order chi connectivity index (χ1) is 5.20.